The number of aliphatic hydroxyl groups is 1. The first kappa shape index (κ1) is 13.5. The van der Waals surface area contributed by atoms with Crippen molar-refractivity contribution >= 4 is 5.97 Å². The van der Waals surface area contributed by atoms with Gasteiger partial charge in [-0.1, -0.05) is 6.92 Å². The van der Waals surface area contributed by atoms with Crippen LogP contribution in [0.3, 0.4) is 0 Å². The second-order valence-electron chi connectivity index (χ2n) is 4.91. The van der Waals surface area contributed by atoms with Gasteiger partial charge in [0, 0.05) is 13.7 Å². The monoisotopic (exact) mass is 256 g/mol. The maximum absolute atomic E-state index is 11.6. The molecule has 0 bridgehead atoms. The Morgan fingerprint density at radius 3 is 2.89 bits per heavy atom. The SMILES string of the molecule is COCC[C@@H](O)C[C@H](C)C1=C([C@H]2CO2)C(=O)OC1. The first-order valence-corrected chi connectivity index (χ1v) is 6.32. The summed E-state index contributed by atoms with van der Waals surface area (Å²) in [7, 11) is 1.62. The maximum atomic E-state index is 11.6. The molecule has 2 heterocycles. The van der Waals surface area contributed by atoms with Crippen molar-refractivity contribution in [1.82, 2.24) is 0 Å². The predicted molar refractivity (Wildman–Crippen MR) is 64.0 cm³/mol. The number of carbonyl (C=O) groups excluding carboxylic acids is 1. The van der Waals surface area contributed by atoms with Crippen LogP contribution in [0.5, 0.6) is 0 Å². The molecule has 0 unspecified atom stereocenters. The second kappa shape index (κ2) is 5.82. The van der Waals surface area contributed by atoms with Crippen molar-refractivity contribution in [2.24, 2.45) is 5.92 Å². The van der Waals surface area contributed by atoms with E-state index in [1.807, 2.05) is 6.92 Å². The predicted octanol–water partition coefficient (Wildman–Crippen LogP) is 0.662. The highest BCUT2D eigenvalue weighted by atomic mass is 16.6. The van der Waals surface area contributed by atoms with Crippen LogP contribution in [0.25, 0.3) is 0 Å². The fraction of sp³-hybridized carbons (Fsp3) is 0.769. The van der Waals surface area contributed by atoms with Crippen LogP contribution in [-0.4, -0.2) is 50.2 Å². The van der Waals surface area contributed by atoms with Crippen LogP contribution < -0.4 is 0 Å². The van der Waals surface area contributed by atoms with Gasteiger partial charge in [0.2, 0.25) is 0 Å². The Bertz CT molecular complexity index is 345. The van der Waals surface area contributed by atoms with Crippen molar-refractivity contribution < 1.29 is 24.1 Å². The lowest BCUT2D eigenvalue weighted by atomic mass is 9.90. The zero-order valence-electron chi connectivity index (χ0n) is 10.8. The van der Waals surface area contributed by atoms with Gasteiger partial charge < -0.3 is 19.3 Å². The number of cyclic esters (lactones) is 1. The fourth-order valence-electron chi connectivity index (χ4n) is 2.31. The van der Waals surface area contributed by atoms with E-state index in [2.05, 4.69) is 0 Å². The van der Waals surface area contributed by atoms with Gasteiger partial charge in [0.25, 0.3) is 0 Å². The molecule has 102 valence electrons. The minimum absolute atomic E-state index is 0.0754. The van der Waals surface area contributed by atoms with E-state index in [1.54, 1.807) is 7.11 Å². The molecule has 0 aliphatic carbocycles. The summed E-state index contributed by atoms with van der Waals surface area (Å²) in [5.74, 6) is -0.131. The van der Waals surface area contributed by atoms with Gasteiger partial charge in [-0.25, -0.2) is 4.79 Å². The Kier molecular flexibility index (Phi) is 4.37. The average molecular weight is 256 g/mol. The molecule has 2 rings (SSSR count). The van der Waals surface area contributed by atoms with E-state index in [1.165, 1.54) is 0 Å². The molecule has 0 spiro atoms. The molecule has 1 fully saturated rings. The lowest BCUT2D eigenvalue weighted by molar-refractivity contribution is -0.136. The van der Waals surface area contributed by atoms with Crippen LogP contribution in [0.2, 0.25) is 0 Å². The number of aliphatic hydroxyl groups excluding tert-OH is 1. The third kappa shape index (κ3) is 3.10. The molecular weight excluding hydrogens is 236 g/mol. The molecule has 2 aliphatic heterocycles. The first-order valence-electron chi connectivity index (χ1n) is 6.32. The number of hydrogen-bond acceptors (Lipinski definition) is 5. The van der Waals surface area contributed by atoms with Gasteiger partial charge in [-0.2, -0.15) is 0 Å². The van der Waals surface area contributed by atoms with Crippen molar-refractivity contribution in [1.29, 1.82) is 0 Å². The van der Waals surface area contributed by atoms with Crippen LogP contribution in [0.15, 0.2) is 11.1 Å². The molecule has 0 radical (unpaired) electrons. The van der Waals surface area contributed by atoms with E-state index in [4.69, 9.17) is 14.2 Å². The summed E-state index contributed by atoms with van der Waals surface area (Å²) in [6.45, 7) is 3.50. The number of carbonyl (C=O) groups is 1. The Morgan fingerprint density at radius 2 is 2.28 bits per heavy atom. The molecule has 0 aromatic rings. The van der Waals surface area contributed by atoms with Crippen LogP contribution in [-0.2, 0) is 19.0 Å². The molecule has 1 N–H and O–H groups in total. The lowest BCUT2D eigenvalue weighted by Gasteiger charge is -2.17. The van der Waals surface area contributed by atoms with E-state index < -0.39 is 6.10 Å². The molecule has 0 aromatic carbocycles. The van der Waals surface area contributed by atoms with Gasteiger partial charge in [0.05, 0.1) is 18.3 Å². The summed E-state index contributed by atoms with van der Waals surface area (Å²) in [6, 6.07) is 0. The smallest absolute Gasteiger partial charge is 0.337 e. The molecule has 0 amide bonds. The first-order chi connectivity index (χ1) is 8.63. The van der Waals surface area contributed by atoms with Gasteiger partial charge in [0.1, 0.15) is 12.7 Å². The van der Waals surface area contributed by atoms with Gasteiger partial charge in [-0.3, -0.25) is 0 Å². The summed E-state index contributed by atoms with van der Waals surface area (Å²) < 4.78 is 15.2. The molecule has 0 aromatic heterocycles. The second-order valence-corrected chi connectivity index (χ2v) is 4.91. The van der Waals surface area contributed by atoms with Gasteiger partial charge in [0.15, 0.2) is 0 Å². The quantitative estimate of drug-likeness (QED) is 0.535. The van der Waals surface area contributed by atoms with Crippen molar-refractivity contribution in [3.05, 3.63) is 11.1 Å². The molecule has 0 saturated carbocycles. The standard InChI is InChI=1S/C13H20O5/c1-8(5-9(14)3-4-16-2)10-6-18-13(15)12(10)11-7-17-11/h8-9,11,14H,3-7H2,1-2H3/t8-,9+,11+/m0/s1. The van der Waals surface area contributed by atoms with Crippen LogP contribution in [0, 0.1) is 5.92 Å². The molecule has 18 heavy (non-hydrogen) atoms. The topological polar surface area (TPSA) is 68.3 Å². The van der Waals surface area contributed by atoms with Gasteiger partial charge in [-0.05, 0) is 24.3 Å². The third-order valence-electron chi connectivity index (χ3n) is 3.46. The fourth-order valence-corrected chi connectivity index (χ4v) is 2.31. The summed E-state index contributed by atoms with van der Waals surface area (Å²) in [5.41, 5.74) is 1.67. The zero-order chi connectivity index (χ0) is 13.1. The molecule has 3 atom stereocenters. The molecule has 2 aliphatic rings. The van der Waals surface area contributed by atoms with E-state index in [0.29, 0.717) is 38.2 Å². The zero-order valence-corrected chi connectivity index (χ0v) is 10.8. The lowest BCUT2D eigenvalue weighted by Crippen LogP contribution is -2.17. The Hall–Kier alpha value is -0.910. The van der Waals surface area contributed by atoms with E-state index in [9.17, 15) is 9.90 Å². The van der Waals surface area contributed by atoms with Gasteiger partial charge >= 0.3 is 5.97 Å². The highest BCUT2D eigenvalue weighted by molar-refractivity contribution is 5.93. The molecule has 1 saturated heterocycles. The Morgan fingerprint density at radius 1 is 1.56 bits per heavy atom. The van der Waals surface area contributed by atoms with Crippen molar-refractivity contribution in [2.45, 2.75) is 32.0 Å². The van der Waals surface area contributed by atoms with Crippen molar-refractivity contribution in [2.75, 3.05) is 26.9 Å². The largest absolute Gasteiger partial charge is 0.458 e. The number of epoxide rings is 1. The van der Waals surface area contributed by atoms with Crippen LogP contribution in [0.4, 0.5) is 0 Å². The number of rotatable bonds is 7. The number of ether oxygens (including phenoxy) is 3. The summed E-state index contributed by atoms with van der Waals surface area (Å²) in [5, 5.41) is 9.86. The maximum Gasteiger partial charge on any atom is 0.337 e. The van der Waals surface area contributed by atoms with E-state index in [-0.39, 0.29) is 18.0 Å². The average Bonchev–Trinajstić information content (AvgIpc) is 3.09. The summed E-state index contributed by atoms with van der Waals surface area (Å²) in [4.78, 5) is 11.6. The third-order valence-corrected chi connectivity index (χ3v) is 3.46. The number of esters is 1. The summed E-state index contributed by atoms with van der Waals surface area (Å²) in [6.07, 6.45) is 0.738. The molecule has 5 heteroatoms. The highest BCUT2D eigenvalue weighted by Gasteiger charge is 2.40. The summed E-state index contributed by atoms with van der Waals surface area (Å²) >= 11 is 0. The minimum Gasteiger partial charge on any atom is -0.458 e. The van der Waals surface area contributed by atoms with E-state index in [0.717, 1.165) is 5.57 Å². The highest BCUT2D eigenvalue weighted by Crippen LogP contribution is 2.33. The van der Waals surface area contributed by atoms with Gasteiger partial charge in [-0.15, -0.1) is 0 Å². The van der Waals surface area contributed by atoms with Crippen LogP contribution >= 0.6 is 0 Å². The minimum atomic E-state index is -0.412. The van der Waals surface area contributed by atoms with Crippen molar-refractivity contribution in [3.63, 3.8) is 0 Å². The normalized spacial score (nSPS) is 26.2. The Balaban J connectivity index is 1.95. The number of methoxy groups -OCH3 is 1. The van der Waals surface area contributed by atoms with E-state index >= 15 is 0 Å². The number of hydrogen-bond donors (Lipinski definition) is 1. The molecule has 5 nitrogen and oxygen atoms in total. The van der Waals surface area contributed by atoms with Crippen LogP contribution in [0.1, 0.15) is 19.8 Å². The Labute approximate surface area is 107 Å². The van der Waals surface area contributed by atoms with Crippen molar-refractivity contribution in [3.8, 4) is 0 Å². The molecular formula is C13H20O5.